The number of carbonyl (C=O) groups excluding carboxylic acids is 1. The number of amides is 1. The van der Waals surface area contributed by atoms with Gasteiger partial charge in [-0.2, -0.15) is 13.2 Å². The SMILES string of the molecule is O=C(Nc1ccc(-c2nc3cccnc3s2)cc1)C(F)(F)F. The maximum Gasteiger partial charge on any atom is 0.471 e. The maximum atomic E-state index is 12.2. The van der Waals surface area contributed by atoms with Crippen LogP contribution in [0.3, 0.4) is 0 Å². The van der Waals surface area contributed by atoms with Gasteiger partial charge in [0.15, 0.2) is 0 Å². The highest BCUT2D eigenvalue weighted by Crippen LogP contribution is 2.29. The van der Waals surface area contributed by atoms with Gasteiger partial charge >= 0.3 is 12.1 Å². The van der Waals surface area contributed by atoms with E-state index in [4.69, 9.17) is 0 Å². The lowest BCUT2D eigenvalue weighted by Crippen LogP contribution is -2.29. The lowest BCUT2D eigenvalue weighted by Gasteiger charge is -2.07. The minimum atomic E-state index is -4.91. The number of rotatable bonds is 2. The normalized spacial score (nSPS) is 11.6. The molecule has 112 valence electrons. The Kier molecular flexibility index (Phi) is 3.53. The predicted octanol–water partition coefficient (Wildman–Crippen LogP) is 3.86. The Bertz CT molecular complexity index is 794. The summed E-state index contributed by atoms with van der Waals surface area (Å²) < 4.78 is 36.5. The quantitative estimate of drug-likeness (QED) is 0.779. The molecule has 0 saturated heterocycles. The highest BCUT2D eigenvalue weighted by Gasteiger charge is 2.38. The van der Waals surface area contributed by atoms with E-state index in [2.05, 4.69) is 9.97 Å². The van der Waals surface area contributed by atoms with Crippen LogP contribution in [0.1, 0.15) is 0 Å². The van der Waals surface area contributed by atoms with Crippen molar-refractivity contribution in [3.63, 3.8) is 0 Å². The molecule has 0 atom stereocenters. The van der Waals surface area contributed by atoms with Gasteiger partial charge in [0.1, 0.15) is 15.4 Å². The van der Waals surface area contributed by atoms with Crippen molar-refractivity contribution >= 4 is 33.3 Å². The van der Waals surface area contributed by atoms with Gasteiger partial charge in [-0.15, -0.1) is 0 Å². The van der Waals surface area contributed by atoms with Crippen LogP contribution in [0.2, 0.25) is 0 Å². The summed E-state index contributed by atoms with van der Waals surface area (Å²) in [6, 6.07) is 9.62. The summed E-state index contributed by atoms with van der Waals surface area (Å²) in [6.45, 7) is 0. The molecule has 0 fully saturated rings. The molecule has 22 heavy (non-hydrogen) atoms. The summed E-state index contributed by atoms with van der Waals surface area (Å²) in [7, 11) is 0. The Morgan fingerprint density at radius 1 is 1.14 bits per heavy atom. The molecule has 0 unspecified atom stereocenters. The van der Waals surface area contributed by atoms with Crippen molar-refractivity contribution in [3.05, 3.63) is 42.6 Å². The van der Waals surface area contributed by atoms with E-state index < -0.39 is 12.1 Å². The lowest BCUT2D eigenvalue weighted by molar-refractivity contribution is -0.167. The number of benzene rings is 1. The third kappa shape index (κ3) is 2.91. The van der Waals surface area contributed by atoms with Crippen LogP contribution in [-0.2, 0) is 4.79 Å². The van der Waals surface area contributed by atoms with Crippen LogP contribution < -0.4 is 5.32 Å². The fourth-order valence-electron chi connectivity index (χ4n) is 1.79. The first-order chi connectivity index (χ1) is 10.4. The standard InChI is InChI=1S/C14H8F3N3OS/c15-14(16,17)13(21)19-9-5-3-8(4-6-9)11-20-10-2-1-7-18-12(10)22-11/h1-7H,(H,19,21). The molecule has 1 amide bonds. The van der Waals surface area contributed by atoms with Crippen LogP contribution in [0.5, 0.6) is 0 Å². The van der Waals surface area contributed by atoms with Crippen LogP contribution in [0.15, 0.2) is 42.6 Å². The van der Waals surface area contributed by atoms with Crippen molar-refractivity contribution in [2.75, 3.05) is 5.32 Å². The number of carbonyl (C=O) groups is 1. The third-order valence-corrected chi connectivity index (χ3v) is 3.84. The number of anilines is 1. The van der Waals surface area contributed by atoms with Crippen LogP contribution in [0.4, 0.5) is 18.9 Å². The second-order valence-corrected chi connectivity index (χ2v) is 5.35. The molecule has 2 heterocycles. The Morgan fingerprint density at radius 3 is 2.50 bits per heavy atom. The van der Waals surface area contributed by atoms with Crippen molar-refractivity contribution in [1.29, 1.82) is 0 Å². The molecule has 0 saturated carbocycles. The van der Waals surface area contributed by atoms with Gasteiger partial charge in [-0.05, 0) is 36.4 Å². The summed E-state index contributed by atoms with van der Waals surface area (Å²) in [6.07, 6.45) is -3.24. The van der Waals surface area contributed by atoms with E-state index in [9.17, 15) is 18.0 Å². The average Bonchev–Trinajstić information content (AvgIpc) is 2.91. The van der Waals surface area contributed by atoms with E-state index in [1.807, 2.05) is 6.07 Å². The maximum absolute atomic E-state index is 12.2. The molecular formula is C14H8F3N3OS. The van der Waals surface area contributed by atoms with Gasteiger partial charge in [-0.25, -0.2) is 9.97 Å². The largest absolute Gasteiger partial charge is 0.471 e. The van der Waals surface area contributed by atoms with Crippen LogP contribution in [0.25, 0.3) is 20.9 Å². The molecule has 8 heteroatoms. The summed E-state index contributed by atoms with van der Waals surface area (Å²) in [5, 5.41) is 2.50. The van der Waals surface area contributed by atoms with E-state index in [-0.39, 0.29) is 5.69 Å². The van der Waals surface area contributed by atoms with Crippen molar-refractivity contribution in [2.24, 2.45) is 0 Å². The Hall–Kier alpha value is -2.48. The minimum Gasteiger partial charge on any atom is -0.318 e. The number of halogens is 3. The third-order valence-electron chi connectivity index (χ3n) is 2.81. The number of alkyl halides is 3. The minimum absolute atomic E-state index is 0.0744. The first kappa shape index (κ1) is 14.5. The number of hydrogen-bond donors (Lipinski definition) is 1. The first-order valence-corrected chi connectivity index (χ1v) is 6.95. The van der Waals surface area contributed by atoms with Gasteiger partial charge < -0.3 is 5.32 Å². The van der Waals surface area contributed by atoms with E-state index >= 15 is 0 Å². The topological polar surface area (TPSA) is 54.9 Å². The van der Waals surface area contributed by atoms with Crippen molar-refractivity contribution in [3.8, 4) is 10.6 Å². The molecule has 0 aliphatic heterocycles. The van der Waals surface area contributed by atoms with Crippen LogP contribution in [-0.4, -0.2) is 22.1 Å². The fraction of sp³-hybridized carbons (Fsp3) is 0.0714. The van der Waals surface area contributed by atoms with Crippen molar-refractivity contribution < 1.29 is 18.0 Å². The summed E-state index contributed by atoms with van der Waals surface area (Å²) in [5.41, 5.74) is 1.58. The van der Waals surface area contributed by atoms with E-state index in [1.54, 1.807) is 29.7 Å². The van der Waals surface area contributed by atoms with Gasteiger partial charge in [0.05, 0.1) is 0 Å². The van der Waals surface area contributed by atoms with Gasteiger partial charge in [-0.3, -0.25) is 4.79 Å². The summed E-state index contributed by atoms with van der Waals surface area (Å²) >= 11 is 1.38. The van der Waals surface area contributed by atoms with Gasteiger partial charge in [0.2, 0.25) is 0 Å². The van der Waals surface area contributed by atoms with Crippen molar-refractivity contribution in [2.45, 2.75) is 6.18 Å². The van der Waals surface area contributed by atoms with E-state index in [1.165, 1.54) is 23.5 Å². The average molecular weight is 323 g/mol. The Labute approximate surface area is 126 Å². The molecule has 0 radical (unpaired) electrons. The second-order valence-electron chi connectivity index (χ2n) is 4.38. The van der Waals surface area contributed by atoms with Gasteiger partial charge in [-0.1, -0.05) is 11.3 Å². The number of fused-ring (bicyclic) bond motifs is 1. The number of aromatic nitrogens is 2. The first-order valence-electron chi connectivity index (χ1n) is 6.14. The Balaban J connectivity index is 1.83. The molecule has 3 rings (SSSR count). The molecule has 0 aliphatic rings. The van der Waals surface area contributed by atoms with Crippen LogP contribution >= 0.6 is 11.3 Å². The summed E-state index contributed by atoms with van der Waals surface area (Å²) in [4.78, 5) is 20.2. The highest BCUT2D eigenvalue weighted by molar-refractivity contribution is 7.21. The Morgan fingerprint density at radius 2 is 1.86 bits per heavy atom. The number of nitrogens with one attached hydrogen (secondary N) is 1. The number of thiazole rings is 1. The molecule has 1 N–H and O–H groups in total. The van der Waals surface area contributed by atoms with Crippen molar-refractivity contribution in [1.82, 2.24) is 9.97 Å². The molecular weight excluding hydrogens is 315 g/mol. The molecule has 2 aromatic heterocycles. The number of pyridine rings is 1. The zero-order valence-electron chi connectivity index (χ0n) is 10.9. The summed E-state index contributed by atoms with van der Waals surface area (Å²) in [5.74, 6) is -2.00. The monoisotopic (exact) mass is 323 g/mol. The van der Waals surface area contributed by atoms with Crippen LogP contribution in [0, 0.1) is 0 Å². The molecule has 4 nitrogen and oxygen atoms in total. The van der Waals surface area contributed by atoms with Gasteiger partial charge in [0.25, 0.3) is 0 Å². The molecule has 0 bridgehead atoms. The van der Waals surface area contributed by atoms with E-state index in [0.717, 1.165) is 15.9 Å². The smallest absolute Gasteiger partial charge is 0.318 e. The molecule has 3 aromatic rings. The van der Waals surface area contributed by atoms with Gasteiger partial charge in [0, 0.05) is 17.4 Å². The highest BCUT2D eigenvalue weighted by atomic mass is 32.1. The zero-order valence-corrected chi connectivity index (χ0v) is 11.7. The predicted molar refractivity (Wildman–Crippen MR) is 77.5 cm³/mol. The molecule has 0 spiro atoms. The lowest BCUT2D eigenvalue weighted by atomic mass is 10.2. The zero-order chi connectivity index (χ0) is 15.7. The molecule has 0 aliphatic carbocycles. The number of hydrogen-bond acceptors (Lipinski definition) is 4. The fourth-order valence-corrected chi connectivity index (χ4v) is 2.70. The second kappa shape index (κ2) is 5.38. The molecule has 1 aromatic carbocycles. The number of nitrogens with zero attached hydrogens (tertiary/aromatic N) is 2. The van der Waals surface area contributed by atoms with E-state index in [0.29, 0.717) is 5.01 Å².